The van der Waals surface area contributed by atoms with Crippen LogP contribution < -0.4 is 0 Å². The van der Waals surface area contributed by atoms with Gasteiger partial charge in [0.15, 0.2) is 0 Å². The first-order valence-electron chi connectivity index (χ1n) is 3.25. The van der Waals surface area contributed by atoms with Crippen molar-refractivity contribution in [3.8, 4) is 0 Å². The minimum absolute atomic E-state index is 0.000463. The van der Waals surface area contributed by atoms with E-state index in [-0.39, 0.29) is 11.5 Å². The molecule has 2 nitrogen and oxygen atoms in total. The maximum atomic E-state index is 9.01. The standard InChI is InChI=1S/C9H12O2/c1-3-5-6-9(11)7-8(10)4-2/h3-7,10-11H,2H2,1H3/b5-3-,8-7+,9-6+. The molecule has 0 aliphatic carbocycles. The number of aliphatic hydroxyl groups is 2. The van der Waals surface area contributed by atoms with E-state index in [1.165, 1.54) is 18.2 Å². The van der Waals surface area contributed by atoms with Crippen LogP contribution in [0.15, 0.2) is 48.5 Å². The summed E-state index contributed by atoms with van der Waals surface area (Å²) < 4.78 is 0. The lowest BCUT2D eigenvalue weighted by Crippen LogP contribution is -1.77. The molecule has 0 saturated carbocycles. The molecule has 60 valence electrons. The zero-order valence-electron chi connectivity index (χ0n) is 6.49. The maximum absolute atomic E-state index is 9.01. The zero-order valence-corrected chi connectivity index (χ0v) is 6.49. The van der Waals surface area contributed by atoms with E-state index in [0.717, 1.165) is 0 Å². The number of allylic oxidation sites excluding steroid dienone is 5. The second-order valence-corrected chi connectivity index (χ2v) is 1.89. The third-order valence-corrected chi connectivity index (χ3v) is 0.964. The minimum Gasteiger partial charge on any atom is -0.508 e. The van der Waals surface area contributed by atoms with Gasteiger partial charge in [-0.15, -0.1) is 0 Å². The molecule has 0 rings (SSSR count). The summed E-state index contributed by atoms with van der Waals surface area (Å²) in [6.45, 7) is 5.15. The van der Waals surface area contributed by atoms with Gasteiger partial charge in [-0.25, -0.2) is 0 Å². The highest BCUT2D eigenvalue weighted by atomic mass is 16.3. The molecule has 0 aliphatic heterocycles. The van der Waals surface area contributed by atoms with Gasteiger partial charge in [0, 0.05) is 6.08 Å². The van der Waals surface area contributed by atoms with Crippen molar-refractivity contribution >= 4 is 0 Å². The van der Waals surface area contributed by atoms with Crippen LogP contribution in [0.25, 0.3) is 0 Å². The van der Waals surface area contributed by atoms with Crippen LogP contribution in [0.1, 0.15) is 6.92 Å². The molecule has 0 saturated heterocycles. The predicted molar refractivity (Wildman–Crippen MR) is 46.4 cm³/mol. The second kappa shape index (κ2) is 5.35. The van der Waals surface area contributed by atoms with Gasteiger partial charge in [-0.1, -0.05) is 18.7 Å². The quantitative estimate of drug-likeness (QED) is 0.482. The molecule has 0 aromatic carbocycles. The average Bonchev–Trinajstić information content (AvgIpc) is 2.00. The Bertz CT molecular complexity index is 210. The summed E-state index contributed by atoms with van der Waals surface area (Å²) in [7, 11) is 0. The highest BCUT2D eigenvalue weighted by molar-refractivity contribution is 5.22. The van der Waals surface area contributed by atoms with Crippen molar-refractivity contribution in [1.82, 2.24) is 0 Å². The van der Waals surface area contributed by atoms with Crippen LogP contribution in [-0.2, 0) is 0 Å². The highest BCUT2D eigenvalue weighted by Crippen LogP contribution is 1.97. The summed E-state index contributed by atoms with van der Waals surface area (Å²) in [5.74, 6) is -0.0521. The molecule has 0 radical (unpaired) electrons. The van der Waals surface area contributed by atoms with Gasteiger partial charge in [0.05, 0.1) is 0 Å². The van der Waals surface area contributed by atoms with E-state index in [2.05, 4.69) is 6.58 Å². The van der Waals surface area contributed by atoms with Gasteiger partial charge < -0.3 is 10.2 Å². The van der Waals surface area contributed by atoms with Crippen molar-refractivity contribution in [3.05, 3.63) is 48.5 Å². The number of hydrogen-bond acceptors (Lipinski definition) is 2. The van der Waals surface area contributed by atoms with Gasteiger partial charge in [0.25, 0.3) is 0 Å². The van der Waals surface area contributed by atoms with E-state index >= 15 is 0 Å². The Hall–Kier alpha value is -1.44. The molecule has 0 unspecified atom stereocenters. The van der Waals surface area contributed by atoms with E-state index in [1.807, 2.05) is 6.92 Å². The molecule has 11 heavy (non-hydrogen) atoms. The normalized spacial score (nSPS) is 13.9. The fourth-order valence-corrected chi connectivity index (χ4v) is 0.453. The smallest absolute Gasteiger partial charge is 0.119 e. The molecule has 2 N–H and O–H groups in total. The number of rotatable bonds is 3. The molecule has 0 fully saturated rings. The first kappa shape index (κ1) is 9.56. The summed E-state index contributed by atoms with van der Waals surface area (Å²) in [5, 5.41) is 17.9. The lowest BCUT2D eigenvalue weighted by molar-refractivity contribution is 0.405. The average molecular weight is 152 g/mol. The van der Waals surface area contributed by atoms with Gasteiger partial charge in [-0.2, -0.15) is 0 Å². The van der Waals surface area contributed by atoms with E-state index in [0.29, 0.717) is 0 Å². The van der Waals surface area contributed by atoms with Crippen LogP contribution in [0.2, 0.25) is 0 Å². The van der Waals surface area contributed by atoms with Crippen molar-refractivity contribution in [3.63, 3.8) is 0 Å². The Morgan fingerprint density at radius 2 is 1.91 bits per heavy atom. The monoisotopic (exact) mass is 152 g/mol. The Morgan fingerprint density at radius 1 is 1.27 bits per heavy atom. The fraction of sp³-hybridized carbons (Fsp3) is 0.111. The molecule has 0 aromatic heterocycles. The second-order valence-electron chi connectivity index (χ2n) is 1.89. The molecule has 0 bridgehead atoms. The molecule has 0 spiro atoms. The van der Waals surface area contributed by atoms with Gasteiger partial charge in [-0.05, 0) is 19.1 Å². The SMILES string of the molecule is C=C\C(O)=C/C(O)=C\C=C/C. The molecule has 0 aliphatic rings. The van der Waals surface area contributed by atoms with Crippen LogP contribution in [0.4, 0.5) is 0 Å². The molecule has 0 heterocycles. The molecule has 2 heteroatoms. The van der Waals surface area contributed by atoms with Gasteiger partial charge in [0.1, 0.15) is 11.5 Å². The Morgan fingerprint density at radius 3 is 2.36 bits per heavy atom. The number of hydrogen-bond donors (Lipinski definition) is 2. The van der Waals surface area contributed by atoms with Crippen LogP contribution in [0, 0.1) is 0 Å². The number of aliphatic hydroxyl groups excluding tert-OH is 2. The van der Waals surface area contributed by atoms with Crippen LogP contribution in [0.3, 0.4) is 0 Å². The summed E-state index contributed by atoms with van der Waals surface area (Å²) >= 11 is 0. The van der Waals surface area contributed by atoms with Crippen molar-refractivity contribution in [2.45, 2.75) is 6.92 Å². The lowest BCUT2D eigenvalue weighted by atomic mass is 10.3. The first-order chi connectivity index (χ1) is 5.20. The maximum Gasteiger partial charge on any atom is 0.119 e. The predicted octanol–water partition coefficient (Wildman–Crippen LogP) is 2.63. The van der Waals surface area contributed by atoms with E-state index in [1.54, 1.807) is 12.2 Å². The van der Waals surface area contributed by atoms with Crippen molar-refractivity contribution < 1.29 is 10.2 Å². The first-order valence-corrected chi connectivity index (χ1v) is 3.25. The minimum atomic E-state index is -0.0525. The largest absolute Gasteiger partial charge is 0.508 e. The zero-order chi connectivity index (χ0) is 8.69. The van der Waals surface area contributed by atoms with Crippen molar-refractivity contribution in [2.24, 2.45) is 0 Å². The molecule has 0 atom stereocenters. The topological polar surface area (TPSA) is 40.5 Å². The summed E-state index contributed by atoms with van der Waals surface area (Å²) in [6.07, 6.45) is 7.38. The third-order valence-electron chi connectivity index (χ3n) is 0.964. The Labute approximate surface area is 66.5 Å². The van der Waals surface area contributed by atoms with Gasteiger partial charge in [0.2, 0.25) is 0 Å². The molecular weight excluding hydrogens is 140 g/mol. The summed E-state index contributed by atoms with van der Waals surface area (Å²) in [6, 6.07) is 0. The van der Waals surface area contributed by atoms with Crippen LogP contribution in [0.5, 0.6) is 0 Å². The lowest BCUT2D eigenvalue weighted by Gasteiger charge is -1.89. The summed E-state index contributed by atoms with van der Waals surface area (Å²) in [4.78, 5) is 0. The summed E-state index contributed by atoms with van der Waals surface area (Å²) in [5.41, 5.74) is 0. The van der Waals surface area contributed by atoms with Crippen molar-refractivity contribution in [2.75, 3.05) is 0 Å². The Kier molecular flexibility index (Phi) is 4.65. The fourth-order valence-electron chi connectivity index (χ4n) is 0.453. The molecular formula is C9H12O2. The van der Waals surface area contributed by atoms with Gasteiger partial charge >= 0.3 is 0 Å². The van der Waals surface area contributed by atoms with Crippen LogP contribution >= 0.6 is 0 Å². The van der Waals surface area contributed by atoms with E-state index in [9.17, 15) is 0 Å². The third kappa shape index (κ3) is 5.03. The van der Waals surface area contributed by atoms with Crippen molar-refractivity contribution in [1.29, 1.82) is 0 Å². The molecule has 0 aromatic rings. The Balaban J connectivity index is 4.25. The molecule has 0 amide bonds. The van der Waals surface area contributed by atoms with Gasteiger partial charge in [-0.3, -0.25) is 0 Å². The highest BCUT2D eigenvalue weighted by Gasteiger charge is 1.86. The van der Waals surface area contributed by atoms with E-state index < -0.39 is 0 Å². The van der Waals surface area contributed by atoms with Crippen LogP contribution in [-0.4, -0.2) is 10.2 Å². The van der Waals surface area contributed by atoms with E-state index in [4.69, 9.17) is 10.2 Å².